The lowest BCUT2D eigenvalue weighted by Gasteiger charge is -2.46. The molecule has 7 nitrogen and oxygen atoms in total. The SMILES string of the molecule is CC(COc1ccc(Cl)cc1[C@H]1CC(=O)N[C@@H](c2cc(F)ccc2F)[C@]12C(=O)Nc1cc(Cl)ccc12)C(=O)O. The molecule has 2 aliphatic heterocycles. The minimum Gasteiger partial charge on any atom is -0.492 e. The van der Waals surface area contributed by atoms with Crippen molar-refractivity contribution in [3.05, 3.63) is 93.0 Å². The van der Waals surface area contributed by atoms with Crippen LogP contribution in [-0.2, 0) is 19.8 Å². The molecule has 0 aromatic heterocycles. The van der Waals surface area contributed by atoms with Crippen LogP contribution in [0.25, 0.3) is 0 Å². The molecule has 1 saturated heterocycles. The van der Waals surface area contributed by atoms with E-state index < -0.39 is 52.7 Å². The Morgan fingerprint density at radius 2 is 1.79 bits per heavy atom. The highest BCUT2D eigenvalue weighted by Crippen LogP contribution is 2.59. The number of nitrogens with one attached hydrogen (secondary N) is 2. The highest BCUT2D eigenvalue weighted by molar-refractivity contribution is 6.31. The maximum Gasteiger partial charge on any atom is 0.309 e. The number of rotatable bonds is 6. The van der Waals surface area contributed by atoms with E-state index in [1.165, 1.54) is 25.1 Å². The van der Waals surface area contributed by atoms with Crippen LogP contribution in [0.15, 0.2) is 54.6 Å². The Labute approximate surface area is 232 Å². The molecule has 11 heteroatoms. The van der Waals surface area contributed by atoms with Gasteiger partial charge in [0.05, 0.1) is 12.0 Å². The van der Waals surface area contributed by atoms with Crippen molar-refractivity contribution in [2.24, 2.45) is 5.92 Å². The molecule has 2 heterocycles. The molecule has 2 amide bonds. The molecule has 2 aliphatic rings. The van der Waals surface area contributed by atoms with Crippen molar-refractivity contribution in [2.75, 3.05) is 11.9 Å². The molecule has 1 spiro atoms. The molecule has 0 aliphatic carbocycles. The minimum atomic E-state index is -1.68. The number of halogens is 4. The fraction of sp³-hybridized carbons (Fsp3) is 0.250. The largest absolute Gasteiger partial charge is 0.492 e. The number of carboxylic acid groups (broad SMARTS) is 1. The first-order valence-electron chi connectivity index (χ1n) is 12.0. The van der Waals surface area contributed by atoms with E-state index in [1.54, 1.807) is 18.2 Å². The molecule has 5 rings (SSSR count). The van der Waals surface area contributed by atoms with E-state index in [-0.39, 0.29) is 29.4 Å². The first kappa shape index (κ1) is 26.9. The Kier molecular flexibility index (Phi) is 6.99. The molecule has 3 aromatic rings. The van der Waals surface area contributed by atoms with Gasteiger partial charge >= 0.3 is 5.97 Å². The van der Waals surface area contributed by atoms with Gasteiger partial charge in [-0.1, -0.05) is 29.3 Å². The van der Waals surface area contributed by atoms with E-state index in [0.29, 0.717) is 21.8 Å². The Hall–Kier alpha value is -3.69. The zero-order chi connectivity index (χ0) is 28.1. The summed E-state index contributed by atoms with van der Waals surface area (Å²) in [6.45, 7) is 1.27. The van der Waals surface area contributed by atoms with Crippen LogP contribution in [0.1, 0.15) is 42.0 Å². The summed E-state index contributed by atoms with van der Waals surface area (Å²) in [5.41, 5.74) is -0.770. The Balaban J connectivity index is 1.77. The van der Waals surface area contributed by atoms with Crippen molar-refractivity contribution in [1.82, 2.24) is 5.32 Å². The standard InChI is InChI=1S/C28H22Cl2F2N2O5/c1-13(26(36)37)12-39-23-7-3-14(29)8-17(23)20-11-24(35)34-25(18-10-16(31)4-6-21(18)32)28(20)19-5-2-15(30)9-22(19)33-27(28)38/h2-10,13,20,25H,11-12H2,1H3,(H,33,38)(H,34,35)(H,36,37)/t13?,20-,25+,28-/m1/s1. The Morgan fingerprint density at radius 3 is 2.54 bits per heavy atom. The van der Waals surface area contributed by atoms with Crippen LogP contribution in [0.3, 0.4) is 0 Å². The molecular formula is C28H22Cl2F2N2O5. The van der Waals surface area contributed by atoms with Gasteiger partial charge in [-0.3, -0.25) is 14.4 Å². The lowest BCUT2D eigenvalue weighted by Crippen LogP contribution is -2.57. The summed E-state index contributed by atoms with van der Waals surface area (Å²) >= 11 is 12.6. The second kappa shape index (κ2) is 10.1. The topological polar surface area (TPSA) is 105 Å². The average molecular weight is 575 g/mol. The summed E-state index contributed by atoms with van der Waals surface area (Å²) in [5, 5.41) is 15.5. The molecule has 3 N–H and O–H groups in total. The zero-order valence-corrected chi connectivity index (χ0v) is 21.9. The fourth-order valence-electron chi connectivity index (χ4n) is 5.47. The van der Waals surface area contributed by atoms with Gasteiger partial charge in [0.1, 0.15) is 29.4 Å². The lowest BCUT2D eigenvalue weighted by atomic mass is 9.59. The van der Waals surface area contributed by atoms with E-state index in [0.717, 1.165) is 18.2 Å². The number of amides is 2. The number of benzene rings is 3. The number of anilines is 1. The van der Waals surface area contributed by atoms with Crippen molar-refractivity contribution in [1.29, 1.82) is 0 Å². The molecule has 0 saturated carbocycles. The highest BCUT2D eigenvalue weighted by Gasteiger charge is 2.62. The lowest BCUT2D eigenvalue weighted by molar-refractivity contribution is -0.142. The number of carbonyl (C=O) groups is 3. The van der Waals surface area contributed by atoms with Crippen molar-refractivity contribution in [2.45, 2.75) is 30.7 Å². The van der Waals surface area contributed by atoms with Gasteiger partial charge < -0.3 is 20.5 Å². The number of carboxylic acids is 1. The molecular weight excluding hydrogens is 553 g/mol. The van der Waals surface area contributed by atoms with Crippen molar-refractivity contribution in [3.8, 4) is 5.75 Å². The van der Waals surface area contributed by atoms with E-state index in [1.807, 2.05) is 0 Å². The Bertz CT molecular complexity index is 1520. The van der Waals surface area contributed by atoms with E-state index in [2.05, 4.69) is 10.6 Å². The third kappa shape index (κ3) is 4.59. The van der Waals surface area contributed by atoms with Gasteiger partial charge in [-0.15, -0.1) is 0 Å². The maximum atomic E-state index is 15.3. The molecule has 3 aromatic carbocycles. The second-order valence-electron chi connectivity index (χ2n) is 9.67. The number of hydrogen-bond acceptors (Lipinski definition) is 4. The number of piperidine rings is 1. The van der Waals surface area contributed by atoms with E-state index >= 15 is 4.39 Å². The van der Waals surface area contributed by atoms with Crippen LogP contribution in [0.2, 0.25) is 10.0 Å². The predicted molar refractivity (Wildman–Crippen MR) is 140 cm³/mol. The van der Waals surface area contributed by atoms with Crippen LogP contribution < -0.4 is 15.4 Å². The van der Waals surface area contributed by atoms with Gasteiger partial charge in [-0.2, -0.15) is 0 Å². The first-order chi connectivity index (χ1) is 18.5. The van der Waals surface area contributed by atoms with Crippen LogP contribution in [0.4, 0.5) is 14.5 Å². The number of hydrogen-bond donors (Lipinski definition) is 3. The van der Waals surface area contributed by atoms with Gasteiger partial charge in [-0.25, -0.2) is 8.78 Å². The smallest absolute Gasteiger partial charge is 0.309 e. The monoisotopic (exact) mass is 574 g/mol. The maximum absolute atomic E-state index is 15.3. The third-order valence-electron chi connectivity index (χ3n) is 7.28. The summed E-state index contributed by atoms with van der Waals surface area (Å²) in [7, 11) is 0. The predicted octanol–water partition coefficient (Wildman–Crippen LogP) is 5.61. The third-order valence-corrected chi connectivity index (χ3v) is 7.75. The molecule has 4 atom stereocenters. The summed E-state index contributed by atoms with van der Waals surface area (Å²) in [6.07, 6.45) is -0.228. The summed E-state index contributed by atoms with van der Waals surface area (Å²) < 4.78 is 35.6. The summed E-state index contributed by atoms with van der Waals surface area (Å²) in [4.78, 5) is 38.6. The number of carbonyl (C=O) groups excluding carboxylic acids is 2. The molecule has 1 fully saturated rings. The molecule has 0 radical (unpaired) electrons. The highest BCUT2D eigenvalue weighted by atomic mass is 35.5. The van der Waals surface area contributed by atoms with Gasteiger partial charge in [0, 0.05) is 39.2 Å². The van der Waals surface area contributed by atoms with E-state index in [9.17, 15) is 23.9 Å². The molecule has 0 bridgehead atoms. The second-order valence-corrected chi connectivity index (χ2v) is 10.5. The van der Waals surface area contributed by atoms with Gasteiger partial charge in [-0.05, 0) is 61.0 Å². The minimum absolute atomic E-state index is 0.198. The molecule has 202 valence electrons. The van der Waals surface area contributed by atoms with Crippen LogP contribution in [-0.4, -0.2) is 29.5 Å². The summed E-state index contributed by atoms with van der Waals surface area (Å²) in [5.74, 6) is -5.33. The van der Waals surface area contributed by atoms with Crippen molar-refractivity contribution >= 4 is 46.7 Å². The van der Waals surface area contributed by atoms with Gasteiger partial charge in [0.15, 0.2) is 0 Å². The van der Waals surface area contributed by atoms with Crippen LogP contribution in [0, 0.1) is 17.6 Å². The normalized spacial score (nSPS) is 22.7. The Morgan fingerprint density at radius 1 is 1.08 bits per heavy atom. The van der Waals surface area contributed by atoms with Crippen molar-refractivity contribution < 1.29 is 33.0 Å². The van der Waals surface area contributed by atoms with Gasteiger partial charge in [0.2, 0.25) is 11.8 Å². The van der Waals surface area contributed by atoms with Gasteiger partial charge in [0.25, 0.3) is 0 Å². The number of aliphatic carboxylic acids is 1. The average Bonchev–Trinajstić information content (AvgIpc) is 3.16. The summed E-state index contributed by atoms with van der Waals surface area (Å²) in [6, 6.07) is 10.8. The quantitative estimate of drug-likeness (QED) is 0.355. The zero-order valence-electron chi connectivity index (χ0n) is 20.4. The number of ether oxygens (including phenoxy) is 1. The van der Waals surface area contributed by atoms with Crippen LogP contribution in [0.5, 0.6) is 5.75 Å². The van der Waals surface area contributed by atoms with E-state index in [4.69, 9.17) is 27.9 Å². The molecule has 39 heavy (non-hydrogen) atoms. The fourth-order valence-corrected chi connectivity index (χ4v) is 5.82. The number of fused-ring (bicyclic) bond motifs is 2. The molecule has 1 unspecified atom stereocenters. The first-order valence-corrected chi connectivity index (χ1v) is 12.8. The van der Waals surface area contributed by atoms with Crippen LogP contribution >= 0.6 is 23.2 Å². The van der Waals surface area contributed by atoms with Crippen molar-refractivity contribution in [3.63, 3.8) is 0 Å².